The molecule has 1 aliphatic rings. The van der Waals surface area contributed by atoms with Crippen molar-refractivity contribution in [3.8, 4) is 0 Å². The number of aryl methyl sites for hydroxylation is 1. The lowest BCUT2D eigenvalue weighted by atomic mass is 10.2. The SMILES string of the molecule is CCNC(=O)CCN(CCOC)C(=O)c1cc2n(n1)CCCN(Cc1ccccc1)C2=O. The van der Waals surface area contributed by atoms with Gasteiger partial charge in [0.15, 0.2) is 5.69 Å². The topological polar surface area (TPSA) is 96.8 Å². The molecule has 3 amide bonds. The van der Waals surface area contributed by atoms with Gasteiger partial charge in [-0.3, -0.25) is 19.1 Å². The molecule has 32 heavy (non-hydrogen) atoms. The molecule has 172 valence electrons. The van der Waals surface area contributed by atoms with Gasteiger partial charge < -0.3 is 19.9 Å². The molecule has 0 fully saturated rings. The van der Waals surface area contributed by atoms with Crippen LogP contribution in [0.4, 0.5) is 0 Å². The summed E-state index contributed by atoms with van der Waals surface area (Å²) < 4.78 is 6.74. The number of fused-ring (bicyclic) bond motifs is 1. The van der Waals surface area contributed by atoms with Gasteiger partial charge in [0.25, 0.3) is 11.8 Å². The van der Waals surface area contributed by atoms with E-state index in [2.05, 4.69) is 10.4 Å². The van der Waals surface area contributed by atoms with Crippen LogP contribution >= 0.6 is 0 Å². The van der Waals surface area contributed by atoms with Crippen LogP contribution in [0.2, 0.25) is 0 Å². The quantitative estimate of drug-likeness (QED) is 0.603. The van der Waals surface area contributed by atoms with E-state index in [1.54, 1.807) is 27.7 Å². The predicted octanol–water partition coefficient (Wildman–Crippen LogP) is 1.54. The lowest BCUT2D eigenvalue weighted by molar-refractivity contribution is -0.121. The zero-order valence-corrected chi connectivity index (χ0v) is 18.7. The molecule has 0 atom stereocenters. The summed E-state index contributed by atoms with van der Waals surface area (Å²) in [6, 6.07) is 11.4. The molecular formula is C23H31N5O4. The van der Waals surface area contributed by atoms with Gasteiger partial charge in [0.05, 0.1) is 6.61 Å². The molecule has 0 saturated heterocycles. The van der Waals surface area contributed by atoms with Crippen molar-refractivity contribution >= 4 is 17.7 Å². The lowest BCUT2D eigenvalue weighted by Crippen LogP contribution is -2.37. The first-order chi connectivity index (χ1) is 15.5. The standard InChI is InChI=1S/C23H31N5O4/c1-3-24-21(29)10-13-26(14-15-32-2)22(30)19-16-20-23(31)27(11-7-12-28(20)25-19)17-18-8-5-4-6-9-18/h4-6,8-9,16H,3,7,10-15,17H2,1-2H3,(H,24,29). The highest BCUT2D eigenvalue weighted by molar-refractivity contribution is 5.98. The van der Waals surface area contributed by atoms with Gasteiger partial charge >= 0.3 is 0 Å². The van der Waals surface area contributed by atoms with Crippen LogP contribution in [-0.4, -0.2) is 77.2 Å². The Bertz CT molecular complexity index is 928. The van der Waals surface area contributed by atoms with Crippen LogP contribution in [0.15, 0.2) is 36.4 Å². The van der Waals surface area contributed by atoms with Gasteiger partial charge in [0.2, 0.25) is 5.91 Å². The normalized spacial score (nSPS) is 13.4. The van der Waals surface area contributed by atoms with Crippen molar-refractivity contribution < 1.29 is 19.1 Å². The molecule has 1 aromatic carbocycles. The first-order valence-corrected chi connectivity index (χ1v) is 11.0. The minimum Gasteiger partial charge on any atom is -0.383 e. The highest BCUT2D eigenvalue weighted by atomic mass is 16.5. The number of carbonyl (C=O) groups excluding carboxylic acids is 3. The Labute approximate surface area is 188 Å². The van der Waals surface area contributed by atoms with Crippen molar-refractivity contribution in [3.05, 3.63) is 53.3 Å². The maximum atomic E-state index is 13.2. The van der Waals surface area contributed by atoms with E-state index < -0.39 is 0 Å². The number of hydrogen-bond donors (Lipinski definition) is 1. The third-order valence-corrected chi connectivity index (χ3v) is 5.35. The van der Waals surface area contributed by atoms with Crippen LogP contribution in [0.5, 0.6) is 0 Å². The minimum atomic E-state index is -0.311. The predicted molar refractivity (Wildman–Crippen MR) is 119 cm³/mol. The van der Waals surface area contributed by atoms with Crippen LogP contribution in [0, 0.1) is 0 Å². The maximum Gasteiger partial charge on any atom is 0.274 e. The second-order valence-corrected chi connectivity index (χ2v) is 7.69. The average Bonchev–Trinajstić information content (AvgIpc) is 3.17. The summed E-state index contributed by atoms with van der Waals surface area (Å²) in [5, 5.41) is 7.17. The Kier molecular flexibility index (Phi) is 8.38. The van der Waals surface area contributed by atoms with Crippen LogP contribution in [0.25, 0.3) is 0 Å². The Balaban J connectivity index is 1.75. The molecule has 1 N–H and O–H groups in total. The van der Waals surface area contributed by atoms with E-state index in [1.165, 1.54) is 0 Å². The summed E-state index contributed by atoms with van der Waals surface area (Å²) in [5.41, 5.74) is 1.68. The number of aromatic nitrogens is 2. The number of benzene rings is 1. The van der Waals surface area contributed by atoms with E-state index in [1.807, 2.05) is 37.3 Å². The first-order valence-electron chi connectivity index (χ1n) is 11.0. The van der Waals surface area contributed by atoms with Gasteiger partial charge in [-0.1, -0.05) is 30.3 Å². The molecule has 0 spiro atoms. The molecule has 0 unspecified atom stereocenters. The molecule has 2 heterocycles. The van der Waals surface area contributed by atoms with E-state index in [0.29, 0.717) is 45.0 Å². The number of hydrogen-bond acceptors (Lipinski definition) is 5. The fourth-order valence-corrected chi connectivity index (χ4v) is 3.69. The first kappa shape index (κ1) is 23.5. The number of nitrogens with zero attached hydrogens (tertiary/aromatic N) is 4. The average molecular weight is 442 g/mol. The minimum absolute atomic E-state index is 0.116. The fourth-order valence-electron chi connectivity index (χ4n) is 3.69. The van der Waals surface area contributed by atoms with E-state index in [9.17, 15) is 14.4 Å². The number of carbonyl (C=O) groups is 3. The lowest BCUT2D eigenvalue weighted by Gasteiger charge is -2.21. The summed E-state index contributed by atoms with van der Waals surface area (Å²) in [6.07, 6.45) is 0.951. The van der Waals surface area contributed by atoms with Crippen molar-refractivity contribution in [2.45, 2.75) is 32.9 Å². The van der Waals surface area contributed by atoms with Gasteiger partial charge in [-0.15, -0.1) is 0 Å². The van der Waals surface area contributed by atoms with Crippen molar-refractivity contribution in [2.24, 2.45) is 0 Å². The van der Waals surface area contributed by atoms with Crippen LogP contribution in [-0.2, 0) is 22.6 Å². The molecule has 2 aromatic rings. The highest BCUT2D eigenvalue weighted by Gasteiger charge is 2.28. The largest absolute Gasteiger partial charge is 0.383 e. The molecule has 1 aliphatic heterocycles. The molecule has 0 saturated carbocycles. The molecule has 9 nitrogen and oxygen atoms in total. The number of ether oxygens (including phenoxy) is 1. The van der Waals surface area contributed by atoms with Crippen molar-refractivity contribution in [3.63, 3.8) is 0 Å². The van der Waals surface area contributed by atoms with Crippen LogP contribution < -0.4 is 5.32 Å². The molecule has 1 aromatic heterocycles. The fraction of sp³-hybridized carbons (Fsp3) is 0.478. The summed E-state index contributed by atoms with van der Waals surface area (Å²) in [4.78, 5) is 41.5. The van der Waals surface area contributed by atoms with E-state index in [4.69, 9.17) is 4.74 Å². The maximum absolute atomic E-state index is 13.2. The Morgan fingerprint density at radius 1 is 1.19 bits per heavy atom. The van der Waals surface area contributed by atoms with E-state index in [0.717, 1.165) is 12.0 Å². The van der Waals surface area contributed by atoms with E-state index in [-0.39, 0.29) is 36.4 Å². The summed E-state index contributed by atoms with van der Waals surface area (Å²) in [6.45, 7) is 5.04. The van der Waals surface area contributed by atoms with Crippen LogP contribution in [0.1, 0.15) is 46.3 Å². The second-order valence-electron chi connectivity index (χ2n) is 7.69. The third kappa shape index (κ3) is 5.94. The highest BCUT2D eigenvalue weighted by Crippen LogP contribution is 2.17. The molecule has 0 radical (unpaired) electrons. The summed E-state index contributed by atoms with van der Waals surface area (Å²) in [5.74, 6) is -0.562. The van der Waals surface area contributed by atoms with Crippen molar-refractivity contribution in [2.75, 3.05) is 39.9 Å². The molecule has 0 bridgehead atoms. The third-order valence-electron chi connectivity index (χ3n) is 5.35. The zero-order chi connectivity index (χ0) is 22.9. The monoisotopic (exact) mass is 441 g/mol. The molecule has 3 rings (SSSR count). The van der Waals surface area contributed by atoms with Crippen molar-refractivity contribution in [1.82, 2.24) is 24.9 Å². The molecule has 0 aliphatic carbocycles. The number of nitrogens with one attached hydrogen (secondary N) is 1. The van der Waals surface area contributed by atoms with Gasteiger partial charge in [-0.05, 0) is 18.9 Å². The number of rotatable bonds is 10. The molecular weight excluding hydrogens is 410 g/mol. The summed E-state index contributed by atoms with van der Waals surface area (Å²) in [7, 11) is 1.56. The van der Waals surface area contributed by atoms with Crippen LogP contribution in [0.3, 0.4) is 0 Å². The van der Waals surface area contributed by atoms with Gasteiger partial charge in [0.1, 0.15) is 5.69 Å². The van der Waals surface area contributed by atoms with Gasteiger partial charge in [-0.25, -0.2) is 0 Å². The van der Waals surface area contributed by atoms with E-state index >= 15 is 0 Å². The smallest absolute Gasteiger partial charge is 0.274 e. The number of methoxy groups -OCH3 is 1. The zero-order valence-electron chi connectivity index (χ0n) is 18.7. The Hall–Kier alpha value is -3.20. The molecule has 9 heteroatoms. The number of amides is 3. The summed E-state index contributed by atoms with van der Waals surface area (Å²) >= 11 is 0. The van der Waals surface area contributed by atoms with Crippen molar-refractivity contribution in [1.29, 1.82) is 0 Å². The van der Waals surface area contributed by atoms with Gasteiger partial charge in [0, 0.05) is 58.9 Å². The second kappa shape index (κ2) is 11.4. The Morgan fingerprint density at radius 3 is 2.69 bits per heavy atom. The van der Waals surface area contributed by atoms with Gasteiger partial charge in [-0.2, -0.15) is 5.10 Å². The Morgan fingerprint density at radius 2 is 1.97 bits per heavy atom.